The van der Waals surface area contributed by atoms with E-state index in [0.29, 0.717) is 12.2 Å². The molecule has 0 atom stereocenters. The fourth-order valence-electron chi connectivity index (χ4n) is 4.20. The van der Waals surface area contributed by atoms with Gasteiger partial charge < -0.3 is 4.90 Å². The number of piperidine rings is 1. The number of hydrogen-bond acceptors (Lipinski definition) is 2. The minimum absolute atomic E-state index is 0.316. The van der Waals surface area contributed by atoms with Crippen LogP contribution in [0.2, 0.25) is 0 Å². The van der Waals surface area contributed by atoms with Gasteiger partial charge in [0.1, 0.15) is 0 Å². The van der Waals surface area contributed by atoms with Crippen molar-refractivity contribution in [2.24, 2.45) is 0 Å². The van der Waals surface area contributed by atoms with E-state index in [0.717, 1.165) is 24.9 Å². The van der Waals surface area contributed by atoms with Gasteiger partial charge >= 0.3 is 0 Å². The minimum Gasteiger partial charge on any atom is -0.303 e. The Hall–Kier alpha value is -1.93. The lowest BCUT2D eigenvalue weighted by atomic mass is 9.96. The van der Waals surface area contributed by atoms with E-state index >= 15 is 0 Å². The maximum Gasteiger partial charge on any atom is 0.163 e. The van der Waals surface area contributed by atoms with Crippen LogP contribution >= 0.6 is 0 Å². The molecule has 0 saturated carbocycles. The number of likely N-dealkylation sites (tertiary alicyclic amines) is 1. The van der Waals surface area contributed by atoms with Gasteiger partial charge in [-0.25, -0.2) is 0 Å². The Morgan fingerprint density at radius 2 is 1.71 bits per heavy atom. The first-order valence-corrected chi connectivity index (χ1v) is 9.28. The van der Waals surface area contributed by atoms with Crippen molar-refractivity contribution < 1.29 is 4.79 Å². The van der Waals surface area contributed by atoms with E-state index in [1.165, 1.54) is 54.6 Å². The van der Waals surface area contributed by atoms with Crippen molar-refractivity contribution in [3.63, 3.8) is 0 Å². The van der Waals surface area contributed by atoms with Crippen LogP contribution in [0.3, 0.4) is 0 Å². The van der Waals surface area contributed by atoms with Gasteiger partial charge in [-0.1, -0.05) is 48.9 Å². The molecule has 0 radical (unpaired) electrons. The summed E-state index contributed by atoms with van der Waals surface area (Å²) < 4.78 is 0. The largest absolute Gasteiger partial charge is 0.303 e. The van der Waals surface area contributed by atoms with Crippen LogP contribution in [0.4, 0.5) is 0 Å². The summed E-state index contributed by atoms with van der Waals surface area (Å²) in [5, 5.41) is 0. The molecule has 24 heavy (non-hydrogen) atoms. The molecule has 2 heteroatoms. The second-order valence-electron chi connectivity index (χ2n) is 7.09. The number of benzene rings is 2. The van der Waals surface area contributed by atoms with Crippen LogP contribution in [0.25, 0.3) is 11.1 Å². The fourth-order valence-corrected chi connectivity index (χ4v) is 4.20. The van der Waals surface area contributed by atoms with Crippen molar-refractivity contribution >= 4 is 5.78 Å². The Morgan fingerprint density at radius 1 is 0.917 bits per heavy atom. The normalized spacial score (nSPS) is 16.7. The second kappa shape index (κ2) is 6.90. The highest BCUT2D eigenvalue weighted by Gasteiger charge is 2.23. The second-order valence-corrected chi connectivity index (χ2v) is 7.09. The molecule has 0 aromatic heterocycles. The fraction of sp³-hybridized carbons (Fsp3) is 0.409. The first kappa shape index (κ1) is 15.6. The summed E-state index contributed by atoms with van der Waals surface area (Å²) in [7, 11) is 0. The van der Waals surface area contributed by atoms with E-state index in [1.807, 2.05) is 12.1 Å². The summed E-state index contributed by atoms with van der Waals surface area (Å²) >= 11 is 0. The van der Waals surface area contributed by atoms with Gasteiger partial charge in [-0.3, -0.25) is 4.79 Å². The van der Waals surface area contributed by atoms with Gasteiger partial charge in [-0.15, -0.1) is 0 Å². The number of ketones is 1. The molecule has 2 nitrogen and oxygen atoms in total. The van der Waals surface area contributed by atoms with Crippen LogP contribution in [0.1, 0.15) is 53.6 Å². The molecular weight excluding hydrogens is 294 g/mol. The lowest BCUT2D eigenvalue weighted by Crippen LogP contribution is -2.30. The highest BCUT2D eigenvalue weighted by atomic mass is 16.1. The SMILES string of the molecule is O=C(CCCN1CCCCC1)c1cccc2c1Cc1ccccc1-2. The summed E-state index contributed by atoms with van der Waals surface area (Å²) in [5.74, 6) is 0.316. The molecule has 1 fully saturated rings. The lowest BCUT2D eigenvalue weighted by molar-refractivity contribution is 0.0972. The predicted molar refractivity (Wildman–Crippen MR) is 98.5 cm³/mol. The third-order valence-corrected chi connectivity index (χ3v) is 5.48. The van der Waals surface area contributed by atoms with E-state index in [-0.39, 0.29) is 0 Å². The molecule has 2 aromatic rings. The topological polar surface area (TPSA) is 20.3 Å². The molecule has 2 aromatic carbocycles. The summed E-state index contributed by atoms with van der Waals surface area (Å²) in [6.07, 6.45) is 6.56. The molecule has 0 amide bonds. The van der Waals surface area contributed by atoms with Gasteiger partial charge in [0.05, 0.1) is 0 Å². The molecule has 4 rings (SSSR count). The minimum atomic E-state index is 0.316. The summed E-state index contributed by atoms with van der Waals surface area (Å²) in [4.78, 5) is 15.3. The zero-order chi connectivity index (χ0) is 16.4. The van der Waals surface area contributed by atoms with E-state index in [9.17, 15) is 4.79 Å². The number of fused-ring (bicyclic) bond motifs is 3. The van der Waals surface area contributed by atoms with Gasteiger partial charge in [0, 0.05) is 12.0 Å². The van der Waals surface area contributed by atoms with Gasteiger partial charge in [-0.05, 0) is 67.6 Å². The Bertz CT molecular complexity index is 743. The van der Waals surface area contributed by atoms with Crippen molar-refractivity contribution in [1.29, 1.82) is 0 Å². The number of carbonyl (C=O) groups is 1. The first-order valence-electron chi connectivity index (χ1n) is 9.28. The highest BCUT2D eigenvalue weighted by molar-refractivity contribution is 6.00. The molecule has 124 valence electrons. The number of hydrogen-bond donors (Lipinski definition) is 0. The van der Waals surface area contributed by atoms with Crippen LogP contribution in [-0.4, -0.2) is 30.3 Å². The van der Waals surface area contributed by atoms with Crippen molar-refractivity contribution in [3.8, 4) is 11.1 Å². The monoisotopic (exact) mass is 319 g/mol. The molecular formula is C22H25NO. The predicted octanol–water partition coefficient (Wildman–Crippen LogP) is 4.71. The molecule has 1 heterocycles. The van der Waals surface area contributed by atoms with Crippen molar-refractivity contribution in [1.82, 2.24) is 4.90 Å². The summed E-state index contributed by atoms with van der Waals surface area (Å²) in [6, 6.07) is 14.7. The molecule has 0 unspecified atom stereocenters. The van der Waals surface area contributed by atoms with Gasteiger partial charge in [0.15, 0.2) is 5.78 Å². The Labute approximate surface area is 144 Å². The lowest BCUT2D eigenvalue weighted by Gasteiger charge is -2.26. The van der Waals surface area contributed by atoms with E-state index < -0.39 is 0 Å². The average Bonchev–Trinajstić information content (AvgIpc) is 3.01. The first-order chi connectivity index (χ1) is 11.8. The van der Waals surface area contributed by atoms with Crippen LogP contribution in [-0.2, 0) is 6.42 Å². The van der Waals surface area contributed by atoms with Crippen molar-refractivity contribution in [2.75, 3.05) is 19.6 Å². The Balaban J connectivity index is 1.44. The van der Waals surface area contributed by atoms with Crippen LogP contribution < -0.4 is 0 Å². The number of nitrogens with zero attached hydrogens (tertiary/aromatic N) is 1. The maximum absolute atomic E-state index is 12.8. The number of rotatable bonds is 5. The van der Waals surface area contributed by atoms with E-state index in [1.54, 1.807) is 0 Å². The third-order valence-electron chi connectivity index (χ3n) is 5.48. The average molecular weight is 319 g/mol. The number of Topliss-reactive ketones (excluding diaryl/α,β-unsaturated/α-hetero) is 1. The zero-order valence-electron chi connectivity index (χ0n) is 14.3. The Kier molecular flexibility index (Phi) is 4.48. The molecule has 0 N–H and O–H groups in total. The summed E-state index contributed by atoms with van der Waals surface area (Å²) in [6.45, 7) is 3.50. The molecule has 2 aliphatic rings. The molecule has 1 aliphatic heterocycles. The van der Waals surface area contributed by atoms with Crippen molar-refractivity contribution in [3.05, 3.63) is 59.2 Å². The third kappa shape index (κ3) is 3.03. The van der Waals surface area contributed by atoms with Crippen LogP contribution in [0, 0.1) is 0 Å². The standard InChI is InChI=1S/C22H25NO/c24-22(12-7-15-23-13-4-1-5-14-23)20-11-6-10-19-18-9-3-2-8-17(18)16-21(19)20/h2-3,6,8-11H,1,4-5,7,12-16H2. The summed E-state index contributed by atoms with van der Waals surface area (Å²) in [5.41, 5.74) is 6.09. The number of carbonyl (C=O) groups excluding carboxylic acids is 1. The highest BCUT2D eigenvalue weighted by Crippen LogP contribution is 2.38. The Morgan fingerprint density at radius 3 is 2.58 bits per heavy atom. The molecule has 1 aliphatic carbocycles. The van der Waals surface area contributed by atoms with Gasteiger partial charge in [0.25, 0.3) is 0 Å². The van der Waals surface area contributed by atoms with Gasteiger partial charge in [0.2, 0.25) is 0 Å². The maximum atomic E-state index is 12.8. The smallest absolute Gasteiger partial charge is 0.163 e. The molecule has 0 bridgehead atoms. The quantitative estimate of drug-likeness (QED) is 0.635. The van der Waals surface area contributed by atoms with Crippen LogP contribution in [0.5, 0.6) is 0 Å². The molecule has 1 saturated heterocycles. The van der Waals surface area contributed by atoms with E-state index in [2.05, 4.69) is 35.2 Å². The van der Waals surface area contributed by atoms with Crippen molar-refractivity contribution in [2.45, 2.75) is 38.5 Å². The van der Waals surface area contributed by atoms with Crippen LogP contribution in [0.15, 0.2) is 42.5 Å². The van der Waals surface area contributed by atoms with Gasteiger partial charge in [-0.2, -0.15) is 0 Å². The molecule has 0 spiro atoms. The zero-order valence-corrected chi connectivity index (χ0v) is 14.3. The van der Waals surface area contributed by atoms with E-state index in [4.69, 9.17) is 0 Å².